The number of hydrogen-bond donors (Lipinski definition) is 0. The molecule has 5 nitrogen and oxygen atoms in total. The van der Waals surface area contributed by atoms with E-state index in [1.54, 1.807) is 19.0 Å². The monoisotopic (exact) mass is 313 g/mol. The Hall–Kier alpha value is -1.98. The maximum absolute atomic E-state index is 12.4. The summed E-state index contributed by atoms with van der Waals surface area (Å²) in [5.74, 6) is 0.0123. The highest BCUT2D eigenvalue weighted by Crippen LogP contribution is 2.23. The highest BCUT2D eigenvalue weighted by Gasteiger charge is 2.40. The van der Waals surface area contributed by atoms with Gasteiger partial charge in [0.1, 0.15) is 0 Å². The summed E-state index contributed by atoms with van der Waals surface area (Å²) in [6.45, 7) is 4.62. The zero-order chi connectivity index (χ0) is 16.4. The summed E-state index contributed by atoms with van der Waals surface area (Å²) in [6, 6.07) is 10.3. The SMILES string of the molecule is CN(C)C(=O)[C@]1(C)CN(Cc2cccc3cccnc23)CCO1. The van der Waals surface area contributed by atoms with Crippen LogP contribution in [0, 0.1) is 0 Å². The van der Waals surface area contributed by atoms with Gasteiger partial charge in [-0.1, -0.05) is 24.3 Å². The number of nitrogens with zero attached hydrogens (tertiary/aromatic N) is 3. The lowest BCUT2D eigenvalue weighted by atomic mass is 10.0. The van der Waals surface area contributed by atoms with Crippen molar-refractivity contribution < 1.29 is 9.53 Å². The van der Waals surface area contributed by atoms with E-state index in [2.05, 4.69) is 34.1 Å². The zero-order valence-electron chi connectivity index (χ0n) is 14.0. The summed E-state index contributed by atoms with van der Waals surface area (Å²) in [7, 11) is 3.54. The van der Waals surface area contributed by atoms with E-state index in [1.165, 1.54) is 5.56 Å². The molecule has 0 bridgehead atoms. The number of carbonyl (C=O) groups is 1. The van der Waals surface area contributed by atoms with E-state index in [-0.39, 0.29) is 5.91 Å². The normalized spacial score (nSPS) is 22.2. The second kappa shape index (κ2) is 6.26. The van der Waals surface area contributed by atoms with Gasteiger partial charge < -0.3 is 9.64 Å². The largest absolute Gasteiger partial charge is 0.363 e. The lowest BCUT2D eigenvalue weighted by molar-refractivity contribution is -0.165. The molecule has 0 unspecified atom stereocenters. The van der Waals surface area contributed by atoms with Crippen LogP contribution in [0.5, 0.6) is 0 Å². The number of aromatic nitrogens is 1. The van der Waals surface area contributed by atoms with E-state index in [1.807, 2.05) is 19.2 Å². The molecule has 0 aliphatic carbocycles. The molecule has 0 spiro atoms. The first-order valence-electron chi connectivity index (χ1n) is 7.90. The van der Waals surface area contributed by atoms with Crippen molar-refractivity contribution in [1.82, 2.24) is 14.8 Å². The van der Waals surface area contributed by atoms with E-state index >= 15 is 0 Å². The number of hydrogen-bond acceptors (Lipinski definition) is 4. The van der Waals surface area contributed by atoms with E-state index in [4.69, 9.17) is 4.74 Å². The molecule has 3 rings (SSSR count). The Labute approximate surface area is 136 Å². The summed E-state index contributed by atoms with van der Waals surface area (Å²) in [5, 5.41) is 1.14. The summed E-state index contributed by atoms with van der Waals surface area (Å²) >= 11 is 0. The minimum absolute atomic E-state index is 0.0123. The first kappa shape index (κ1) is 15.9. The zero-order valence-corrected chi connectivity index (χ0v) is 14.0. The minimum atomic E-state index is -0.778. The number of benzene rings is 1. The molecule has 23 heavy (non-hydrogen) atoms. The van der Waals surface area contributed by atoms with Gasteiger partial charge in [0, 0.05) is 45.3 Å². The third-order valence-electron chi connectivity index (χ3n) is 4.32. The van der Waals surface area contributed by atoms with E-state index in [0.29, 0.717) is 13.2 Å². The number of amides is 1. The molecule has 1 atom stereocenters. The summed E-state index contributed by atoms with van der Waals surface area (Å²) < 4.78 is 5.80. The van der Waals surface area contributed by atoms with Crippen LogP contribution in [-0.2, 0) is 16.1 Å². The number of morpholine rings is 1. The van der Waals surface area contributed by atoms with Crippen molar-refractivity contribution in [3.63, 3.8) is 0 Å². The second-order valence-corrected chi connectivity index (χ2v) is 6.48. The lowest BCUT2D eigenvalue weighted by Crippen LogP contribution is -2.57. The van der Waals surface area contributed by atoms with E-state index in [9.17, 15) is 4.79 Å². The maximum Gasteiger partial charge on any atom is 0.255 e. The lowest BCUT2D eigenvalue weighted by Gasteiger charge is -2.40. The number of fused-ring (bicyclic) bond motifs is 1. The van der Waals surface area contributed by atoms with Crippen molar-refractivity contribution in [2.45, 2.75) is 19.1 Å². The molecule has 2 heterocycles. The van der Waals surface area contributed by atoms with Gasteiger partial charge >= 0.3 is 0 Å². The predicted octanol–water partition coefficient (Wildman–Crippen LogP) is 1.91. The summed E-state index contributed by atoms with van der Waals surface area (Å²) in [6.07, 6.45) is 1.82. The van der Waals surface area contributed by atoms with Crippen LogP contribution in [0.25, 0.3) is 10.9 Å². The minimum Gasteiger partial charge on any atom is -0.363 e. The van der Waals surface area contributed by atoms with Crippen molar-refractivity contribution in [2.24, 2.45) is 0 Å². The Morgan fingerprint density at radius 3 is 2.91 bits per heavy atom. The molecule has 122 valence electrons. The quantitative estimate of drug-likeness (QED) is 0.868. The molecule has 5 heteroatoms. The molecule has 1 amide bonds. The molecule has 0 saturated carbocycles. The van der Waals surface area contributed by atoms with Crippen LogP contribution in [-0.4, -0.2) is 60.1 Å². The van der Waals surface area contributed by atoms with E-state index < -0.39 is 5.60 Å². The smallest absolute Gasteiger partial charge is 0.255 e. The number of carbonyl (C=O) groups excluding carboxylic acids is 1. The van der Waals surface area contributed by atoms with Crippen molar-refractivity contribution >= 4 is 16.8 Å². The molecular weight excluding hydrogens is 290 g/mol. The Bertz CT molecular complexity index is 711. The molecule has 0 radical (unpaired) electrons. The average Bonchev–Trinajstić information content (AvgIpc) is 2.54. The number of ether oxygens (including phenoxy) is 1. The van der Waals surface area contributed by atoms with Crippen molar-refractivity contribution in [1.29, 1.82) is 0 Å². The molecule has 1 aliphatic heterocycles. The van der Waals surface area contributed by atoms with Crippen LogP contribution >= 0.6 is 0 Å². The number of pyridine rings is 1. The Balaban J connectivity index is 1.81. The standard InChI is InChI=1S/C18H23N3O2/c1-18(17(22)20(2)3)13-21(10-11-23-18)12-15-7-4-6-14-8-5-9-19-16(14)15/h4-9H,10-13H2,1-3H3/t18-/m0/s1. The maximum atomic E-state index is 12.4. The number of para-hydroxylation sites is 1. The fraction of sp³-hybridized carbons (Fsp3) is 0.444. The van der Waals surface area contributed by atoms with Crippen LogP contribution in [0.3, 0.4) is 0 Å². The molecule has 1 saturated heterocycles. The Morgan fingerprint density at radius 1 is 1.35 bits per heavy atom. The fourth-order valence-electron chi connectivity index (χ4n) is 3.22. The summed E-state index contributed by atoms with van der Waals surface area (Å²) in [4.78, 5) is 20.8. The van der Waals surface area contributed by atoms with Gasteiger partial charge in [0.05, 0.1) is 12.1 Å². The van der Waals surface area contributed by atoms with Gasteiger partial charge in [-0.25, -0.2) is 0 Å². The number of likely N-dealkylation sites (N-methyl/N-ethyl adjacent to an activating group) is 1. The van der Waals surface area contributed by atoms with Crippen LogP contribution in [0.15, 0.2) is 36.5 Å². The first-order valence-corrected chi connectivity index (χ1v) is 7.90. The Morgan fingerprint density at radius 2 is 2.13 bits per heavy atom. The average molecular weight is 313 g/mol. The van der Waals surface area contributed by atoms with Gasteiger partial charge in [-0.2, -0.15) is 0 Å². The van der Waals surface area contributed by atoms with Crippen molar-refractivity contribution in [3.8, 4) is 0 Å². The third-order valence-corrected chi connectivity index (χ3v) is 4.32. The van der Waals surface area contributed by atoms with Crippen molar-refractivity contribution in [2.75, 3.05) is 33.8 Å². The van der Waals surface area contributed by atoms with Gasteiger partial charge in [-0.05, 0) is 18.6 Å². The molecule has 1 aliphatic rings. The van der Waals surface area contributed by atoms with Crippen LogP contribution in [0.4, 0.5) is 0 Å². The van der Waals surface area contributed by atoms with Gasteiger partial charge in [0.2, 0.25) is 0 Å². The van der Waals surface area contributed by atoms with E-state index in [0.717, 1.165) is 24.0 Å². The molecular formula is C18H23N3O2. The molecule has 1 aromatic carbocycles. The second-order valence-electron chi connectivity index (χ2n) is 6.48. The molecule has 2 aromatic rings. The number of rotatable bonds is 3. The van der Waals surface area contributed by atoms with Gasteiger partial charge in [-0.3, -0.25) is 14.7 Å². The van der Waals surface area contributed by atoms with Gasteiger partial charge in [-0.15, -0.1) is 0 Å². The van der Waals surface area contributed by atoms with Gasteiger partial charge in [0.15, 0.2) is 5.60 Å². The van der Waals surface area contributed by atoms with Crippen LogP contribution < -0.4 is 0 Å². The van der Waals surface area contributed by atoms with Crippen LogP contribution in [0.2, 0.25) is 0 Å². The van der Waals surface area contributed by atoms with Crippen LogP contribution in [0.1, 0.15) is 12.5 Å². The topological polar surface area (TPSA) is 45.7 Å². The van der Waals surface area contributed by atoms with Crippen molar-refractivity contribution in [3.05, 3.63) is 42.1 Å². The highest BCUT2D eigenvalue weighted by molar-refractivity contribution is 5.85. The molecule has 0 N–H and O–H groups in total. The first-order chi connectivity index (χ1) is 11.0. The fourth-order valence-corrected chi connectivity index (χ4v) is 3.22. The highest BCUT2D eigenvalue weighted by atomic mass is 16.5. The van der Waals surface area contributed by atoms with Gasteiger partial charge in [0.25, 0.3) is 5.91 Å². The summed E-state index contributed by atoms with van der Waals surface area (Å²) in [5.41, 5.74) is 1.44. The molecule has 1 fully saturated rings. The predicted molar refractivity (Wildman–Crippen MR) is 90.1 cm³/mol. The molecule has 1 aromatic heterocycles. The third kappa shape index (κ3) is 3.21. The Kier molecular flexibility index (Phi) is 4.33.